The van der Waals surface area contributed by atoms with E-state index >= 15 is 0 Å². The first-order valence-electron chi connectivity index (χ1n) is 3.78. The highest BCUT2D eigenvalue weighted by Gasteiger charge is 2.11. The van der Waals surface area contributed by atoms with Crippen molar-refractivity contribution in [3.63, 3.8) is 0 Å². The van der Waals surface area contributed by atoms with Crippen LogP contribution in [0.4, 0.5) is 0 Å². The lowest BCUT2D eigenvalue weighted by Crippen LogP contribution is -2.21. The van der Waals surface area contributed by atoms with E-state index in [0.29, 0.717) is 0 Å². The van der Waals surface area contributed by atoms with Crippen LogP contribution in [0.5, 0.6) is 5.75 Å². The largest absolute Gasteiger partial charge is 0.474 e. The van der Waals surface area contributed by atoms with Crippen LogP contribution >= 0.6 is 0 Å². The molecule has 0 fully saturated rings. The van der Waals surface area contributed by atoms with E-state index in [4.69, 9.17) is 9.84 Å². The predicted molar refractivity (Wildman–Crippen MR) is 44.8 cm³/mol. The van der Waals surface area contributed by atoms with Crippen molar-refractivity contribution < 1.29 is 9.84 Å². The average Bonchev–Trinajstić information content (AvgIpc) is 2.17. The molecule has 0 amide bonds. The number of para-hydroxylation sites is 1. The van der Waals surface area contributed by atoms with Crippen molar-refractivity contribution in [3.8, 4) is 17.6 Å². The fourth-order valence-corrected chi connectivity index (χ4v) is 1.10. The van der Waals surface area contributed by atoms with E-state index < -0.39 is 0 Å². The van der Waals surface area contributed by atoms with Gasteiger partial charge in [-0.15, -0.1) is 0 Å². The second kappa shape index (κ2) is 2.88. The van der Waals surface area contributed by atoms with Crippen LogP contribution < -0.4 is 4.74 Å². The number of hydrogen-bond donors (Lipinski definition) is 1. The molecule has 1 N–H and O–H groups in total. The molecule has 1 aliphatic rings. The Bertz CT molecular complexity index is 346. The van der Waals surface area contributed by atoms with E-state index in [1.807, 2.05) is 24.3 Å². The molecule has 1 heterocycles. The third-order valence-electron chi connectivity index (χ3n) is 1.69. The number of aliphatic hydroxyl groups is 1. The van der Waals surface area contributed by atoms with Crippen molar-refractivity contribution in [3.05, 3.63) is 29.8 Å². The van der Waals surface area contributed by atoms with Gasteiger partial charge in [-0.2, -0.15) is 0 Å². The summed E-state index contributed by atoms with van der Waals surface area (Å²) in [4.78, 5) is 0. The Labute approximate surface area is 70.8 Å². The van der Waals surface area contributed by atoms with Gasteiger partial charge in [0.25, 0.3) is 0 Å². The van der Waals surface area contributed by atoms with Gasteiger partial charge in [-0.05, 0) is 12.1 Å². The summed E-state index contributed by atoms with van der Waals surface area (Å²) in [6.07, 6.45) is -0.361. The van der Waals surface area contributed by atoms with Gasteiger partial charge < -0.3 is 9.84 Å². The van der Waals surface area contributed by atoms with Crippen LogP contribution in [0.1, 0.15) is 5.56 Å². The SMILES string of the molecule is OCC1C#Cc2ccccc2O1. The Balaban J connectivity index is 2.38. The molecule has 1 aromatic rings. The molecule has 60 valence electrons. The minimum atomic E-state index is -0.361. The Morgan fingerprint density at radius 2 is 2.25 bits per heavy atom. The van der Waals surface area contributed by atoms with Crippen molar-refractivity contribution >= 4 is 0 Å². The van der Waals surface area contributed by atoms with E-state index in [9.17, 15) is 0 Å². The van der Waals surface area contributed by atoms with E-state index in [1.54, 1.807) is 0 Å². The van der Waals surface area contributed by atoms with Gasteiger partial charge in [-0.25, -0.2) is 0 Å². The molecule has 2 rings (SSSR count). The molecule has 2 nitrogen and oxygen atoms in total. The predicted octanol–water partition coefficient (Wildman–Crippen LogP) is 0.791. The number of hydrogen-bond acceptors (Lipinski definition) is 2. The molecular formula is C10H8O2. The minimum Gasteiger partial charge on any atom is -0.474 e. The lowest BCUT2D eigenvalue weighted by molar-refractivity contribution is 0.154. The molecule has 1 aliphatic heterocycles. The van der Waals surface area contributed by atoms with Crippen LogP contribution in [-0.4, -0.2) is 17.8 Å². The molecule has 2 heteroatoms. The lowest BCUT2D eigenvalue weighted by atomic mass is 10.1. The zero-order valence-corrected chi connectivity index (χ0v) is 6.45. The topological polar surface area (TPSA) is 29.5 Å². The van der Waals surface area contributed by atoms with Crippen LogP contribution in [0, 0.1) is 11.8 Å². The van der Waals surface area contributed by atoms with Gasteiger partial charge in [0.05, 0.1) is 12.2 Å². The molecule has 0 saturated carbocycles. The van der Waals surface area contributed by atoms with Gasteiger partial charge in [0.1, 0.15) is 5.75 Å². The van der Waals surface area contributed by atoms with Crippen LogP contribution in [0.25, 0.3) is 0 Å². The molecule has 0 radical (unpaired) electrons. The molecule has 1 unspecified atom stereocenters. The van der Waals surface area contributed by atoms with Crippen molar-refractivity contribution in [1.29, 1.82) is 0 Å². The molecule has 12 heavy (non-hydrogen) atoms. The molecule has 0 aromatic heterocycles. The molecule has 0 saturated heterocycles. The first-order chi connectivity index (χ1) is 5.90. The molecule has 1 atom stereocenters. The highest BCUT2D eigenvalue weighted by Crippen LogP contribution is 2.20. The van der Waals surface area contributed by atoms with Gasteiger partial charge in [-0.3, -0.25) is 0 Å². The van der Waals surface area contributed by atoms with Gasteiger partial charge in [0.2, 0.25) is 0 Å². The fourth-order valence-electron chi connectivity index (χ4n) is 1.10. The maximum absolute atomic E-state index is 8.79. The van der Waals surface area contributed by atoms with Gasteiger partial charge in [-0.1, -0.05) is 24.0 Å². The standard InChI is InChI=1S/C10H8O2/c11-7-9-6-5-8-3-1-2-4-10(8)12-9/h1-4,9,11H,7H2. The van der Waals surface area contributed by atoms with Gasteiger partial charge in [0, 0.05) is 0 Å². The fraction of sp³-hybridized carbons (Fsp3) is 0.200. The van der Waals surface area contributed by atoms with Crippen LogP contribution in [-0.2, 0) is 0 Å². The Hall–Kier alpha value is -1.46. The summed E-state index contributed by atoms with van der Waals surface area (Å²) >= 11 is 0. The second-order valence-corrected chi connectivity index (χ2v) is 2.55. The summed E-state index contributed by atoms with van der Waals surface area (Å²) in [5.41, 5.74) is 0.891. The van der Waals surface area contributed by atoms with Crippen LogP contribution in [0.2, 0.25) is 0 Å². The summed E-state index contributed by atoms with van der Waals surface area (Å²) in [6, 6.07) is 7.55. The molecule has 0 spiro atoms. The Morgan fingerprint density at radius 3 is 3.08 bits per heavy atom. The second-order valence-electron chi connectivity index (χ2n) is 2.55. The number of aliphatic hydroxyl groups excluding tert-OH is 1. The molecular weight excluding hydrogens is 152 g/mol. The Morgan fingerprint density at radius 1 is 1.42 bits per heavy atom. The van der Waals surface area contributed by atoms with E-state index in [0.717, 1.165) is 11.3 Å². The third kappa shape index (κ3) is 1.15. The quantitative estimate of drug-likeness (QED) is 0.615. The summed E-state index contributed by atoms with van der Waals surface area (Å²) in [7, 11) is 0. The lowest BCUT2D eigenvalue weighted by Gasteiger charge is -2.15. The average molecular weight is 160 g/mol. The molecule has 0 bridgehead atoms. The van der Waals surface area contributed by atoms with Crippen molar-refractivity contribution in [2.24, 2.45) is 0 Å². The van der Waals surface area contributed by atoms with Crippen LogP contribution in [0.15, 0.2) is 24.3 Å². The zero-order valence-electron chi connectivity index (χ0n) is 6.45. The van der Waals surface area contributed by atoms with E-state index in [2.05, 4.69) is 11.8 Å². The smallest absolute Gasteiger partial charge is 0.182 e. The maximum atomic E-state index is 8.79. The molecule has 0 aliphatic carbocycles. The van der Waals surface area contributed by atoms with Crippen molar-refractivity contribution in [2.45, 2.75) is 6.10 Å². The first kappa shape index (κ1) is 7.20. The summed E-state index contributed by atoms with van der Waals surface area (Å²) in [6.45, 7) is -0.0542. The summed E-state index contributed by atoms with van der Waals surface area (Å²) < 4.78 is 5.36. The van der Waals surface area contributed by atoms with Crippen LogP contribution in [0.3, 0.4) is 0 Å². The normalized spacial score (nSPS) is 18.6. The number of benzene rings is 1. The van der Waals surface area contributed by atoms with Crippen molar-refractivity contribution in [2.75, 3.05) is 6.61 Å². The minimum absolute atomic E-state index is 0.0542. The highest BCUT2D eigenvalue weighted by atomic mass is 16.5. The first-order valence-corrected chi connectivity index (χ1v) is 3.78. The summed E-state index contributed by atoms with van der Waals surface area (Å²) in [5.74, 6) is 6.49. The van der Waals surface area contributed by atoms with E-state index in [-0.39, 0.29) is 12.7 Å². The maximum Gasteiger partial charge on any atom is 0.182 e. The summed E-state index contributed by atoms with van der Waals surface area (Å²) in [5, 5.41) is 8.79. The van der Waals surface area contributed by atoms with Gasteiger partial charge >= 0.3 is 0 Å². The number of rotatable bonds is 1. The molecule has 1 aromatic carbocycles. The third-order valence-corrected chi connectivity index (χ3v) is 1.69. The zero-order chi connectivity index (χ0) is 8.39. The van der Waals surface area contributed by atoms with Crippen molar-refractivity contribution in [1.82, 2.24) is 0 Å². The van der Waals surface area contributed by atoms with E-state index in [1.165, 1.54) is 0 Å². The Kier molecular flexibility index (Phi) is 1.73. The number of ether oxygens (including phenoxy) is 1. The van der Waals surface area contributed by atoms with Gasteiger partial charge in [0.15, 0.2) is 6.10 Å². The highest BCUT2D eigenvalue weighted by molar-refractivity contribution is 5.48. The number of fused-ring (bicyclic) bond motifs is 1. The monoisotopic (exact) mass is 160 g/mol.